The number of ether oxygens (including phenoxy) is 2. The fourth-order valence-electron chi connectivity index (χ4n) is 3.30. The zero-order chi connectivity index (χ0) is 23.9. The highest BCUT2D eigenvalue weighted by atomic mass is 19.1. The van der Waals surface area contributed by atoms with Gasteiger partial charge >= 0.3 is 12.0 Å². The highest BCUT2D eigenvalue weighted by Gasteiger charge is 2.12. The van der Waals surface area contributed by atoms with E-state index in [1.54, 1.807) is 36.4 Å². The van der Waals surface area contributed by atoms with Crippen LogP contribution >= 0.6 is 0 Å². The van der Waals surface area contributed by atoms with Gasteiger partial charge in [0, 0.05) is 29.2 Å². The van der Waals surface area contributed by atoms with Crippen LogP contribution in [0.3, 0.4) is 0 Å². The smallest absolute Gasteiger partial charge is 0.343 e. The van der Waals surface area contributed by atoms with Crippen LogP contribution in [0.15, 0.2) is 78.9 Å². The molecule has 7 nitrogen and oxygen atoms in total. The number of hydrogen-bond donors (Lipinski definition) is 2. The SMILES string of the molecule is COC(=O)COc1cc(-c2ccccc2)nc2ccc(NC(=O)NCc3ccc(F)cc3)cc12. The second kappa shape index (κ2) is 10.4. The van der Waals surface area contributed by atoms with Crippen molar-refractivity contribution in [1.82, 2.24) is 10.3 Å². The Bertz CT molecular complexity index is 1310. The molecule has 0 atom stereocenters. The highest BCUT2D eigenvalue weighted by molar-refractivity contribution is 5.95. The monoisotopic (exact) mass is 459 g/mol. The summed E-state index contributed by atoms with van der Waals surface area (Å²) in [5.41, 5.74) is 3.51. The van der Waals surface area contributed by atoms with Gasteiger partial charge in [-0.15, -0.1) is 0 Å². The van der Waals surface area contributed by atoms with E-state index in [2.05, 4.69) is 15.4 Å². The first kappa shape index (κ1) is 22.7. The molecule has 0 aliphatic rings. The molecular formula is C26H22FN3O4. The molecule has 34 heavy (non-hydrogen) atoms. The topological polar surface area (TPSA) is 89.6 Å². The van der Waals surface area contributed by atoms with Crippen molar-refractivity contribution in [2.45, 2.75) is 6.54 Å². The summed E-state index contributed by atoms with van der Waals surface area (Å²) in [5, 5.41) is 6.12. The van der Waals surface area contributed by atoms with E-state index in [1.807, 2.05) is 30.3 Å². The van der Waals surface area contributed by atoms with E-state index < -0.39 is 12.0 Å². The van der Waals surface area contributed by atoms with Gasteiger partial charge in [-0.25, -0.2) is 19.0 Å². The Hall–Kier alpha value is -4.46. The lowest BCUT2D eigenvalue weighted by Crippen LogP contribution is -2.28. The number of urea groups is 1. The van der Waals surface area contributed by atoms with Gasteiger partial charge < -0.3 is 20.1 Å². The Balaban J connectivity index is 1.57. The summed E-state index contributed by atoms with van der Waals surface area (Å²) in [6.07, 6.45) is 0. The van der Waals surface area contributed by atoms with E-state index in [-0.39, 0.29) is 19.0 Å². The number of halogens is 1. The normalized spacial score (nSPS) is 10.5. The molecule has 1 heterocycles. The molecule has 0 radical (unpaired) electrons. The Labute approximate surface area is 195 Å². The number of carbonyl (C=O) groups is 2. The van der Waals surface area contributed by atoms with Crippen molar-refractivity contribution < 1.29 is 23.5 Å². The molecule has 0 aliphatic carbocycles. The average molecular weight is 459 g/mol. The van der Waals surface area contributed by atoms with Crippen molar-refractivity contribution >= 4 is 28.6 Å². The molecular weight excluding hydrogens is 437 g/mol. The lowest BCUT2D eigenvalue weighted by atomic mass is 10.1. The molecule has 0 saturated carbocycles. The number of rotatable bonds is 7. The molecule has 2 N–H and O–H groups in total. The number of methoxy groups -OCH3 is 1. The van der Waals surface area contributed by atoms with Crippen LogP contribution in [0.1, 0.15) is 5.56 Å². The summed E-state index contributed by atoms with van der Waals surface area (Å²) < 4.78 is 23.4. The number of anilines is 1. The number of amides is 2. The Morgan fingerprint density at radius 2 is 1.74 bits per heavy atom. The van der Waals surface area contributed by atoms with Gasteiger partial charge in [0.25, 0.3) is 0 Å². The van der Waals surface area contributed by atoms with Gasteiger partial charge in [0.15, 0.2) is 6.61 Å². The lowest BCUT2D eigenvalue weighted by Gasteiger charge is -2.13. The standard InChI is InChI=1S/C26H22FN3O4/c1-33-25(31)16-34-24-14-23(18-5-3-2-4-6-18)30-22-12-11-20(13-21(22)24)29-26(32)28-15-17-7-9-19(27)10-8-17/h2-14H,15-16H2,1H3,(H2,28,29,32). The molecule has 0 saturated heterocycles. The quantitative estimate of drug-likeness (QED) is 0.383. The fourth-order valence-corrected chi connectivity index (χ4v) is 3.30. The van der Waals surface area contributed by atoms with Crippen molar-refractivity contribution in [2.75, 3.05) is 19.0 Å². The maximum absolute atomic E-state index is 13.0. The summed E-state index contributed by atoms with van der Waals surface area (Å²) in [5.74, 6) is -0.413. The summed E-state index contributed by atoms with van der Waals surface area (Å²) in [6.45, 7) is -0.0190. The number of nitrogens with zero attached hydrogens (tertiary/aromatic N) is 1. The highest BCUT2D eigenvalue weighted by Crippen LogP contribution is 2.32. The van der Waals surface area contributed by atoms with Gasteiger partial charge in [-0.1, -0.05) is 42.5 Å². The first-order valence-electron chi connectivity index (χ1n) is 10.5. The van der Waals surface area contributed by atoms with Crippen molar-refractivity contribution in [2.24, 2.45) is 0 Å². The molecule has 0 spiro atoms. The minimum absolute atomic E-state index is 0.245. The van der Waals surface area contributed by atoms with Crippen LogP contribution in [0.5, 0.6) is 5.75 Å². The number of nitrogens with one attached hydrogen (secondary N) is 2. The number of esters is 1. The Morgan fingerprint density at radius 1 is 0.971 bits per heavy atom. The number of carbonyl (C=O) groups excluding carboxylic acids is 2. The van der Waals surface area contributed by atoms with Crippen LogP contribution in [0.2, 0.25) is 0 Å². The van der Waals surface area contributed by atoms with Crippen LogP contribution in [-0.4, -0.2) is 30.7 Å². The first-order chi connectivity index (χ1) is 16.5. The molecule has 172 valence electrons. The number of fused-ring (bicyclic) bond motifs is 1. The molecule has 0 aliphatic heterocycles. The molecule has 3 aromatic carbocycles. The number of benzene rings is 3. The van der Waals surface area contributed by atoms with Gasteiger partial charge in [-0.3, -0.25) is 0 Å². The van der Waals surface area contributed by atoms with Gasteiger partial charge in [0.05, 0.1) is 18.3 Å². The summed E-state index contributed by atoms with van der Waals surface area (Å²) in [7, 11) is 1.29. The zero-order valence-electron chi connectivity index (χ0n) is 18.4. The van der Waals surface area contributed by atoms with E-state index in [4.69, 9.17) is 9.72 Å². The van der Waals surface area contributed by atoms with Gasteiger partial charge in [-0.2, -0.15) is 0 Å². The minimum atomic E-state index is -0.513. The third-order valence-corrected chi connectivity index (χ3v) is 5.04. The van der Waals surface area contributed by atoms with Crippen molar-refractivity contribution in [3.63, 3.8) is 0 Å². The van der Waals surface area contributed by atoms with Gasteiger partial charge in [0.1, 0.15) is 11.6 Å². The predicted octanol–water partition coefficient (Wildman–Crippen LogP) is 4.91. The largest absolute Gasteiger partial charge is 0.481 e. The van der Waals surface area contributed by atoms with Crippen LogP contribution in [0.25, 0.3) is 22.2 Å². The second-order valence-corrected chi connectivity index (χ2v) is 7.40. The third kappa shape index (κ3) is 5.66. The van der Waals surface area contributed by atoms with Crippen molar-refractivity contribution in [1.29, 1.82) is 0 Å². The Morgan fingerprint density at radius 3 is 2.47 bits per heavy atom. The van der Waals surface area contributed by atoms with Gasteiger partial charge in [-0.05, 0) is 35.9 Å². The summed E-state index contributed by atoms with van der Waals surface area (Å²) >= 11 is 0. The molecule has 2 amide bonds. The predicted molar refractivity (Wildman–Crippen MR) is 127 cm³/mol. The first-order valence-corrected chi connectivity index (χ1v) is 10.5. The second-order valence-electron chi connectivity index (χ2n) is 7.40. The van der Waals surface area contributed by atoms with E-state index >= 15 is 0 Å². The Kier molecular flexibility index (Phi) is 6.98. The summed E-state index contributed by atoms with van der Waals surface area (Å²) in [6, 6.07) is 22.0. The fraction of sp³-hybridized carbons (Fsp3) is 0.115. The maximum atomic E-state index is 13.0. The van der Waals surface area contributed by atoms with Crippen LogP contribution in [0.4, 0.5) is 14.9 Å². The molecule has 4 aromatic rings. The average Bonchev–Trinajstić information content (AvgIpc) is 2.87. The molecule has 0 bridgehead atoms. The third-order valence-electron chi connectivity index (χ3n) is 5.04. The van der Waals surface area contributed by atoms with E-state index in [0.717, 1.165) is 11.1 Å². The lowest BCUT2D eigenvalue weighted by molar-refractivity contribution is -0.142. The molecule has 0 unspecified atom stereocenters. The number of hydrogen-bond acceptors (Lipinski definition) is 5. The molecule has 4 rings (SSSR count). The van der Waals surface area contributed by atoms with Crippen LogP contribution < -0.4 is 15.4 Å². The van der Waals surface area contributed by atoms with Crippen LogP contribution in [-0.2, 0) is 16.1 Å². The van der Waals surface area contributed by atoms with E-state index in [9.17, 15) is 14.0 Å². The number of aromatic nitrogens is 1. The van der Waals surface area contributed by atoms with E-state index in [0.29, 0.717) is 28.0 Å². The van der Waals surface area contributed by atoms with Crippen molar-refractivity contribution in [3.8, 4) is 17.0 Å². The zero-order valence-corrected chi connectivity index (χ0v) is 18.4. The van der Waals surface area contributed by atoms with Crippen LogP contribution in [0, 0.1) is 5.82 Å². The molecule has 0 fully saturated rings. The minimum Gasteiger partial charge on any atom is -0.481 e. The van der Waals surface area contributed by atoms with Crippen molar-refractivity contribution in [3.05, 3.63) is 90.2 Å². The summed E-state index contributed by atoms with van der Waals surface area (Å²) in [4.78, 5) is 28.7. The van der Waals surface area contributed by atoms with E-state index in [1.165, 1.54) is 19.2 Å². The maximum Gasteiger partial charge on any atom is 0.343 e. The van der Waals surface area contributed by atoms with Gasteiger partial charge in [0.2, 0.25) is 0 Å². The molecule has 1 aromatic heterocycles. The number of pyridine rings is 1. The molecule has 8 heteroatoms.